The highest BCUT2D eigenvalue weighted by Gasteiger charge is 2.12. The number of carboxylic acids is 1. The van der Waals surface area contributed by atoms with Gasteiger partial charge in [0.2, 0.25) is 5.91 Å². The van der Waals surface area contributed by atoms with Gasteiger partial charge in [0.15, 0.2) is 0 Å². The molecule has 0 aromatic heterocycles. The molecule has 92 valence electrons. The van der Waals surface area contributed by atoms with Crippen molar-refractivity contribution < 1.29 is 14.7 Å². The number of carbonyl (C=O) groups excluding carboxylic acids is 1. The summed E-state index contributed by atoms with van der Waals surface area (Å²) in [6, 6.07) is 4.89. The Morgan fingerprint density at radius 3 is 2.41 bits per heavy atom. The summed E-state index contributed by atoms with van der Waals surface area (Å²) in [6.45, 7) is 5.22. The fourth-order valence-corrected chi connectivity index (χ4v) is 1.44. The van der Waals surface area contributed by atoms with E-state index >= 15 is 0 Å². The summed E-state index contributed by atoms with van der Waals surface area (Å²) >= 11 is 0. The summed E-state index contributed by atoms with van der Waals surface area (Å²) in [5, 5.41) is 14.7. The third-order valence-corrected chi connectivity index (χ3v) is 2.01. The molecule has 5 heteroatoms. The minimum absolute atomic E-state index is 0.139. The van der Waals surface area contributed by atoms with Crippen LogP contribution in [-0.4, -0.2) is 23.0 Å². The van der Waals surface area contributed by atoms with Crippen LogP contribution >= 0.6 is 0 Å². The number of amides is 1. The number of anilines is 2. The first-order chi connectivity index (χ1) is 7.90. The number of rotatable bonds is 4. The fourth-order valence-electron chi connectivity index (χ4n) is 1.44. The summed E-state index contributed by atoms with van der Waals surface area (Å²) in [4.78, 5) is 22.0. The molecule has 0 saturated heterocycles. The van der Waals surface area contributed by atoms with Gasteiger partial charge in [-0.25, -0.2) is 4.79 Å². The predicted octanol–water partition coefficient (Wildman–Crippen LogP) is 2.16. The van der Waals surface area contributed by atoms with Crippen LogP contribution in [-0.2, 0) is 4.79 Å². The molecule has 0 radical (unpaired) electrons. The topological polar surface area (TPSA) is 78.4 Å². The number of benzene rings is 1. The Hall–Kier alpha value is -2.04. The quantitative estimate of drug-likeness (QED) is 0.748. The van der Waals surface area contributed by atoms with Gasteiger partial charge in [-0.1, -0.05) is 0 Å². The van der Waals surface area contributed by atoms with E-state index in [0.717, 1.165) is 0 Å². The number of carboxylic acid groups (broad SMARTS) is 1. The Labute approximate surface area is 99.8 Å². The van der Waals surface area contributed by atoms with Crippen molar-refractivity contribution in [2.75, 3.05) is 10.6 Å². The van der Waals surface area contributed by atoms with Crippen molar-refractivity contribution in [2.24, 2.45) is 0 Å². The summed E-state index contributed by atoms with van der Waals surface area (Å²) in [5.74, 6) is -1.26. The van der Waals surface area contributed by atoms with Gasteiger partial charge in [0.05, 0.1) is 5.56 Å². The average molecular weight is 236 g/mol. The molecule has 0 spiro atoms. The lowest BCUT2D eigenvalue weighted by Crippen LogP contribution is -2.14. The minimum Gasteiger partial charge on any atom is -0.478 e. The third-order valence-electron chi connectivity index (χ3n) is 2.01. The number of aromatic carboxylic acids is 1. The molecule has 0 fully saturated rings. The first kappa shape index (κ1) is 13.0. The highest BCUT2D eigenvalue weighted by Crippen LogP contribution is 2.21. The molecular formula is C12H16N2O3. The lowest BCUT2D eigenvalue weighted by atomic mass is 10.1. The molecule has 0 aliphatic carbocycles. The monoisotopic (exact) mass is 236 g/mol. The van der Waals surface area contributed by atoms with Crippen LogP contribution in [0, 0.1) is 0 Å². The zero-order chi connectivity index (χ0) is 13.0. The van der Waals surface area contributed by atoms with Gasteiger partial charge in [-0.3, -0.25) is 4.79 Å². The second-order valence-electron chi connectivity index (χ2n) is 4.05. The molecule has 1 amide bonds. The number of nitrogens with one attached hydrogen (secondary N) is 2. The van der Waals surface area contributed by atoms with E-state index in [1.807, 2.05) is 13.8 Å². The van der Waals surface area contributed by atoms with Crippen molar-refractivity contribution in [1.29, 1.82) is 0 Å². The lowest BCUT2D eigenvalue weighted by molar-refractivity contribution is -0.114. The van der Waals surface area contributed by atoms with Crippen molar-refractivity contribution >= 4 is 23.3 Å². The van der Waals surface area contributed by atoms with Gasteiger partial charge in [0, 0.05) is 24.3 Å². The maximum Gasteiger partial charge on any atom is 0.337 e. The number of carbonyl (C=O) groups is 2. The molecule has 0 atom stereocenters. The van der Waals surface area contributed by atoms with Crippen molar-refractivity contribution in [3.05, 3.63) is 23.8 Å². The lowest BCUT2D eigenvalue weighted by Gasteiger charge is -2.14. The van der Waals surface area contributed by atoms with E-state index in [1.165, 1.54) is 13.0 Å². The smallest absolute Gasteiger partial charge is 0.337 e. The largest absolute Gasteiger partial charge is 0.478 e. The van der Waals surface area contributed by atoms with E-state index < -0.39 is 5.97 Å². The Balaban J connectivity index is 3.08. The number of hydrogen-bond donors (Lipinski definition) is 3. The zero-order valence-electron chi connectivity index (χ0n) is 10.1. The standard InChI is InChI=1S/C12H16N2O3/c1-7(2)13-11-5-4-9(14-8(3)15)6-10(11)12(16)17/h4-7,13H,1-3H3,(H,14,15)(H,16,17). The third kappa shape index (κ3) is 3.79. The van der Waals surface area contributed by atoms with Crippen LogP contribution in [0.4, 0.5) is 11.4 Å². The van der Waals surface area contributed by atoms with E-state index in [9.17, 15) is 9.59 Å². The van der Waals surface area contributed by atoms with Crippen LogP contribution in [0.15, 0.2) is 18.2 Å². The Morgan fingerprint density at radius 1 is 1.29 bits per heavy atom. The van der Waals surface area contributed by atoms with Gasteiger partial charge in [-0.2, -0.15) is 0 Å². The maximum atomic E-state index is 11.1. The number of hydrogen-bond acceptors (Lipinski definition) is 3. The molecule has 0 bridgehead atoms. The van der Waals surface area contributed by atoms with Gasteiger partial charge in [0.25, 0.3) is 0 Å². The first-order valence-electron chi connectivity index (χ1n) is 5.31. The van der Waals surface area contributed by atoms with Gasteiger partial charge >= 0.3 is 5.97 Å². The molecule has 0 saturated carbocycles. The first-order valence-corrected chi connectivity index (χ1v) is 5.31. The van der Waals surface area contributed by atoms with Crippen molar-refractivity contribution in [3.8, 4) is 0 Å². The van der Waals surface area contributed by atoms with E-state index in [4.69, 9.17) is 5.11 Å². The van der Waals surface area contributed by atoms with Crippen LogP contribution in [0.1, 0.15) is 31.1 Å². The molecule has 1 aromatic carbocycles. The fraction of sp³-hybridized carbons (Fsp3) is 0.333. The van der Waals surface area contributed by atoms with Crippen molar-refractivity contribution in [2.45, 2.75) is 26.8 Å². The normalized spacial score (nSPS) is 10.1. The van der Waals surface area contributed by atoms with Crippen LogP contribution in [0.2, 0.25) is 0 Å². The van der Waals surface area contributed by atoms with E-state index in [1.54, 1.807) is 12.1 Å². The van der Waals surface area contributed by atoms with Crippen LogP contribution in [0.5, 0.6) is 0 Å². The molecule has 0 unspecified atom stereocenters. The maximum absolute atomic E-state index is 11.1. The van der Waals surface area contributed by atoms with Gasteiger partial charge in [-0.05, 0) is 32.0 Å². The molecule has 0 aliphatic heterocycles. The van der Waals surface area contributed by atoms with Crippen LogP contribution in [0.3, 0.4) is 0 Å². The molecule has 0 heterocycles. The van der Waals surface area contributed by atoms with E-state index in [2.05, 4.69) is 10.6 Å². The predicted molar refractivity (Wildman–Crippen MR) is 66.5 cm³/mol. The molecule has 1 aromatic rings. The highest BCUT2D eigenvalue weighted by atomic mass is 16.4. The second kappa shape index (κ2) is 5.34. The molecule has 1 rings (SSSR count). The summed E-state index contributed by atoms with van der Waals surface area (Å²) in [5.41, 5.74) is 1.16. The second-order valence-corrected chi connectivity index (χ2v) is 4.05. The minimum atomic E-state index is -1.03. The summed E-state index contributed by atoms with van der Waals surface area (Å²) in [6.07, 6.45) is 0. The zero-order valence-corrected chi connectivity index (χ0v) is 10.1. The summed E-state index contributed by atoms with van der Waals surface area (Å²) < 4.78 is 0. The Bertz CT molecular complexity index is 441. The van der Waals surface area contributed by atoms with E-state index in [-0.39, 0.29) is 17.5 Å². The average Bonchev–Trinajstić information content (AvgIpc) is 2.18. The van der Waals surface area contributed by atoms with Crippen molar-refractivity contribution in [3.63, 3.8) is 0 Å². The highest BCUT2D eigenvalue weighted by molar-refractivity contribution is 5.97. The van der Waals surface area contributed by atoms with Crippen LogP contribution in [0.25, 0.3) is 0 Å². The molecule has 3 N–H and O–H groups in total. The molecule has 5 nitrogen and oxygen atoms in total. The SMILES string of the molecule is CC(=O)Nc1ccc(NC(C)C)c(C(=O)O)c1. The molecule has 17 heavy (non-hydrogen) atoms. The molecule has 0 aliphatic rings. The Morgan fingerprint density at radius 2 is 1.94 bits per heavy atom. The van der Waals surface area contributed by atoms with Gasteiger partial charge in [0.1, 0.15) is 0 Å². The van der Waals surface area contributed by atoms with Crippen LogP contribution < -0.4 is 10.6 Å². The molecular weight excluding hydrogens is 220 g/mol. The van der Waals surface area contributed by atoms with Gasteiger partial charge < -0.3 is 15.7 Å². The van der Waals surface area contributed by atoms with Gasteiger partial charge in [-0.15, -0.1) is 0 Å². The van der Waals surface area contributed by atoms with Crippen molar-refractivity contribution in [1.82, 2.24) is 0 Å². The summed E-state index contributed by atoms with van der Waals surface area (Å²) in [7, 11) is 0. The van der Waals surface area contributed by atoms with E-state index in [0.29, 0.717) is 11.4 Å². The Kier molecular flexibility index (Phi) is 4.09.